The molecular formula is C23H28N2O2. The zero-order valence-electron chi connectivity index (χ0n) is 16.6. The van der Waals surface area contributed by atoms with Crippen LogP contribution in [0.4, 0.5) is 5.69 Å². The van der Waals surface area contributed by atoms with Crippen LogP contribution in [-0.4, -0.2) is 16.8 Å². The van der Waals surface area contributed by atoms with Crippen molar-refractivity contribution in [3.63, 3.8) is 0 Å². The Bertz CT molecular complexity index is 869. The number of aryl methyl sites for hydroxylation is 1. The average molecular weight is 364 g/mol. The van der Waals surface area contributed by atoms with Gasteiger partial charge in [-0.05, 0) is 36.1 Å². The number of carbonyl (C=O) groups excluding carboxylic acids is 1. The van der Waals surface area contributed by atoms with Crippen molar-refractivity contribution in [2.75, 3.05) is 4.90 Å². The molecule has 0 aliphatic carbocycles. The molecule has 1 aliphatic heterocycles. The van der Waals surface area contributed by atoms with Crippen molar-refractivity contribution in [2.24, 2.45) is 5.16 Å². The van der Waals surface area contributed by atoms with Gasteiger partial charge in [0.25, 0.3) is 0 Å². The van der Waals surface area contributed by atoms with Gasteiger partial charge in [-0.25, -0.2) is 0 Å². The molecular weight excluding hydrogens is 336 g/mol. The fourth-order valence-electron chi connectivity index (χ4n) is 3.91. The SMILES string of the molecule is CCCc1cc2c(cc1/C(C)=N/O)N(Cc1ccccc1)C(=O)CC2(C)C. The second-order valence-electron chi connectivity index (χ2n) is 7.99. The summed E-state index contributed by atoms with van der Waals surface area (Å²) >= 11 is 0. The predicted molar refractivity (Wildman–Crippen MR) is 110 cm³/mol. The second kappa shape index (κ2) is 7.55. The number of hydrogen-bond acceptors (Lipinski definition) is 3. The lowest BCUT2D eigenvalue weighted by atomic mass is 9.75. The van der Waals surface area contributed by atoms with E-state index in [9.17, 15) is 10.0 Å². The Kier molecular flexibility index (Phi) is 5.36. The molecule has 0 unspecified atom stereocenters. The van der Waals surface area contributed by atoms with Crippen LogP contribution in [0.1, 0.15) is 62.8 Å². The van der Waals surface area contributed by atoms with Gasteiger partial charge in [0, 0.05) is 23.1 Å². The molecule has 4 heteroatoms. The topological polar surface area (TPSA) is 52.9 Å². The van der Waals surface area contributed by atoms with E-state index in [1.165, 1.54) is 11.1 Å². The highest BCUT2D eigenvalue weighted by molar-refractivity contribution is 6.04. The molecule has 0 fully saturated rings. The van der Waals surface area contributed by atoms with E-state index in [0.717, 1.165) is 29.7 Å². The summed E-state index contributed by atoms with van der Waals surface area (Å²) in [6.45, 7) is 8.76. The van der Waals surface area contributed by atoms with E-state index in [0.29, 0.717) is 18.7 Å². The van der Waals surface area contributed by atoms with E-state index in [-0.39, 0.29) is 11.3 Å². The van der Waals surface area contributed by atoms with Crippen molar-refractivity contribution in [3.05, 3.63) is 64.7 Å². The van der Waals surface area contributed by atoms with Gasteiger partial charge in [0.15, 0.2) is 0 Å². The van der Waals surface area contributed by atoms with Crippen LogP contribution < -0.4 is 4.90 Å². The van der Waals surface area contributed by atoms with Crippen LogP contribution >= 0.6 is 0 Å². The minimum absolute atomic E-state index is 0.129. The lowest BCUT2D eigenvalue weighted by Crippen LogP contribution is -2.41. The summed E-state index contributed by atoms with van der Waals surface area (Å²) in [6.07, 6.45) is 2.42. The zero-order chi connectivity index (χ0) is 19.6. The number of carbonyl (C=O) groups is 1. The molecule has 4 nitrogen and oxygen atoms in total. The van der Waals surface area contributed by atoms with Gasteiger partial charge in [-0.1, -0.05) is 68.7 Å². The third-order valence-electron chi connectivity index (χ3n) is 5.38. The molecule has 27 heavy (non-hydrogen) atoms. The van der Waals surface area contributed by atoms with Gasteiger partial charge >= 0.3 is 0 Å². The lowest BCUT2D eigenvalue weighted by Gasteiger charge is -2.39. The van der Waals surface area contributed by atoms with E-state index in [4.69, 9.17) is 0 Å². The number of rotatable bonds is 5. The highest BCUT2D eigenvalue weighted by Gasteiger charge is 2.37. The molecule has 3 rings (SSSR count). The van der Waals surface area contributed by atoms with Crippen molar-refractivity contribution in [2.45, 2.75) is 58.9 Å². The molecule has 1 N–H and O–H groups in total. The minimum atomic E-state index is -0.217. The number of oxime groups is 1. The quantitative estimate of drug-likeness (QED) is 0.458. The van der Waals surface area contributed by atoms with Gasteiger partial charge in [0.2, 0.25) is 5.91 Å². The van der Waals surface area contributed by atoms with Crippen molar-refractivity contribution in [1.82, 2.24) is 0 Å². The smallest absolute Gasteiger partial charge is 0.228 e. The van der Waals surface area contributed by atoms with Gasteiger partial charge in [0.1, 0.15) is 0 Å². The van der Waals surface area contributed by atoms with Gasteiger partial charge in [-0.3, -0.25) is 4.79 Å². The average Bonchev–Trinajstić information content (AvgIpc) is 2.65. The first-order valence-corrected chi connectivity index (χ1v) is 9.58. The van der Waals surface area contributed by atoms with E-state index < -0.39 is 0 Å². The maximum absolute atomic E-state index is 13.0. The molecule has 2 aromatic rings. The third-order valence-corrected chi connectivity index (χ3v) is 5.38. The number of amides is 1. The van der Waals surface area contributed by atoms with Crippen molar-refractivity contribution in [3.8, 4) is 0 Å². The Morgan fingerprint density at radius 3 is 2.56 bits per heavy atom. The summed E-state index contributed by atoms with van der Waals surface area (Å²) in [5, 5.41) is 12.8. The molecule has 1 amide bonds. The first-order valence-electron chi connectivity index (χ1n) is 9.58. The number of nitrogens with zero attached hydrogens (tertiary/aromatic N) is 2. The van der Waals surface area contributed by atoms with Crippen molar-refractivity contribution in [1.29, 1.82) is 0 Å². The second-order valence-corrected chi connectivity index (χ2v) is 7.99. The normalized spacial score (nSPS) is 16.4. The van der Waals surface area contributed by atoms with Crippen molar-refractivity contribution >= 4 is 17.3 Å². The van der Waals surface area contributed by atoms with Crippen LogP contribution in [0.3, 0.4) is 0 Å². The van der Waals surface area contributed by atoms with E-state index in [2.05, 4.69) is 32.0 Å². The van der Waals surface area contributed by atoms with Crippen LogP contribution in [-0.2, 0) is 23.2 Å². The van der Waals surface area contributed by atoms with Crippen LogP contribution in [0.15, 0.2) is 47.6 Å². The van der Waals surface area contributed by atoms with Crippen LogP contribution in [0.2, 0.25) is 0 Å². The number of hydrogen-bond donors (Lipinski definition) is 1. The molecule has 0 saturated heterocycles. The maximum atomic E-state index is 13.0. The largest absolute Gasteiger partial charge is 0.411 e. The number of anilines is 1. The number of benzene rings is 2. The fourth-order valence-corrected chi connectivity index (χ4v) is 3.91. The lowest BCUT2D eigenvalue weighted by molar-refractivity contribution is -0.120. The summed E-state index contributed by atoms with van der Waals surface area (Å²) in [4.78, 5) is 14.9. The van der Waals surface area contributed by atoms with E-state index in [1.807, 2.05) is 41.3 Å². The Morgan fingerprint density at radius 1 is 1.22 bits per heavy atom. The molecule has 0 bridgehead atoms. The monoisotopic (exact) mass is 364 g/mol. The maximum Gasteiger partial charge on any atom is 0.228 e. The Hall–Kier alpha value is -2.62. The minimum Gasteiger partial charge on any atom is -0.411 e. The Balaban J connectivity index is 2.16. The molecule has 0 radical (unpaired) electrons. The van der Waals surface area contributed by atoms with E-state index in [1.54, 1.807) is 6.92 Å². The van der Waals surface area contributed by atoms with Gasteiger partial charge in [0.05, 0.1) is 12.3 Å². The van der Waals surface area contributed by atoms with Crippen molar-refractivity contribution < 1.29 is 10.0 Å². The summed E-state index contributed by atoms with van der Waals surface area (Å²) in [7, 11) is 0. The fraction of sp³-hybridized carbons (Fsp3) is 0.391. The molecule has 0 aromatic heterocycles. The highest BCUT2D eigenvalue weighted by Crippen LogP contribution is 2.42. The van der Waals surface area contributed by atoms with Crippen LogP contribution in [0, 0.1) is 0 Å². The zero-order valence-corrected chi connectivity index (χ0v) is 16.6. The molecule has 0 spiro atoms. The Labute approximate surface area is 161 Å². The predicted octanol–water partition coefficient (Wildman–Crippen LogP) is 5.05. The number of fused-ring (bicyclic) bond motifs is 1. The molecule has 1 heterocycles. The van der Waals surface area contributed by atoms with Crippen LogP contribution in [0.5, 0.6) is 0 Å². The van der Waals surface area contributed by atoms with Crippen LogP contribution in [0.25, 0.3) is 0 Å². The summed E-state index contributed by atoms with van der Waals surface area (Å²) in [6, 6.07) is 14.3. The first-order chi connectivity index (χ1) is 12.9. The first kappa shape index (κ1) is 19.2. The van der Waals surface area contributed by atoms with Gasteiger partial charge < -0.3 is 10.1 Å². The third kappa shape index (κ3) is 3.75. The molecule has 1 aliphatic rings. The van der Waals surface area contributed by atoms with Gasteiger partial charge in [-0.2, -0.15) is 0 Å². The molecule has 2 aromatic carbocycles. The molecule has 142 valence electrons. The molecule has 0 atom stereocenters. The van der Waals surface area contributed by atoms with Gasteiger partial charge in [-0.15, -0.1) is 0 Å². The highest BCUT2D eigenvalue weighted by atomic mass is 16.4. The van der Waals surface area contributed by atoms with E-state index >= 15 is 0 Å². The summed E-state index contributed by atoms with van der Waals surface area (Å²) in [5.41, 5.74) is 5.68. The summed E-state index contributed by atoms with van der Waals surface area (Å²) in [5.74, 6) is 0.129. The molecule has 0 saturated carbocycles. The Morgan fingerprint density at radius 2 is 1.93 bits per heavy atom. The summed E-state index contributed by atoms with van der Waals surface area (Å²) < 4.78 is 0. The standard InChI is InChI=1S/C23H28N2O2/c1-5-9-18-12-20-21(13-19(18)16(2)24-27)25(22(26)14-23(20,3)4)15-17-10-7-6-8-11-17/h6-8,10-13,27H,5,9,14-15H2,1-4H3/b24-16+.